The summed E-state index contributed by atoms with van der Waals surface area (Å²) in [6.45, 7) is 4.46. The first-order valence-electron chi connectivity index (χ1n) is 12.4. The van der Waals surface area contributed by atoms with Crippen LogP contribution >= 0.6 is 0 Å². The van der Waals surface area contributed by atoms with Gasteiger partial charge in [0.2, 0.25) is 5.91 Å². The summed E-state index contributed by atoms with van der Waals surface area (Å²) in [5.74, 6) is -1.93. The number of carbonyl (C=O) groups excluding carboxylic acids is 2. The van der Waals surface area contributed by atoms with Crippen molar-refractivity contribution in [1.82, 2.24) is 15.1 Å². The number of aromatic nitrogens is 2. The maximum Gasteiger partial charge on any atom is 0.422 e. The Labute approximate surface area is 220 Å². The molecule has 0 fully saturated rings. The highest BCUT2D eigenvalue weighted by molar-refractivity contribution is 7.91. The van der Waals surface area contributed by atoms with Gasteiger partial charge in [0.1, 0.15) is 17.2 Å². The highest BCUT2D eigenvalue weighted by atomic mass is 32.2. The minimum absolute atomic E-state index is 0.0718. The number of rotatable bonds is 11. The van der Waals surface area contributed by atoms with Crippen molar-refractivity contribution in [2.75, 3.05) is 23.9 Å². The molecule has 0 radical (unpaired) electrons. The van der Waals surface area contributed by atoms with Crippen molar-refractivity contribution in [3.05, 3.63) is 40.7 Å². The summed E-state index contributed by atoms with van der Waals surface area (Å²) in [5, 5.41) is 10.2. The van der Waals surface area contributed by atoms with Crippen LogP contribution in [0.15, 0.2) is 18.2 Å². The smallest absolute Gasteiger partial charge is 0.422 e. The first kappa shape index (κ1) is 29.5. The van der Waals surface area contributed by atoms with E-state index in [-0.39, 0.29) is 23.7 Å². The molecular weight excluding hydrogens is 525 g/mol. The number of aryl methyl sites for hydroxylation is 2. The van der Waals surface area contributed by atoms with E-state index in [9.17, 15) is 31.2 Å². The van der Waals surface area contributed by atoms with Crippen molar-refractivity contribution in [2.24, 2.45) is 0 Å². The zero-order chi connectivity index (χ0) is 28.3. The molecule has 2 aromatic rings. The number of hydrogen-bond acceptors (Lipinski definition) is 6. The van der Waals surface area contributed by atoms with Gasteiger partial charge < -0.3 is 15.4 Å². The number of carbonyl (C=O) groups is 2. The molecule has 0 unspecified atom stereocenters. The molecule has 0 bridgehead atoms. The van der Waals surface area contributed by atoms with Gasteiger partial charge in [-0.15, -0.1) is 0 Å². The number of anilines is 1. The highest BCUT2D eigenvalue weighted by Gasteiger charge is 2.40. The number of ether oxygens (including phenoxy) is 1. The van der Waals surface area contributed by atoms with E-state index in [2.05, 4.69) is 15.7 Å². The number of nitrogens with one attached hydrogen (secondary N) is 2. The minimum atomic E-state index is -4.46. The molecule has 0 spiro atoms. The zero-order valence-corrected chi connectivity index (χ0v) is 22.7. The largest absolute Gasteiger partial charge is 0.484 e. The summed E-state index contributed by atoms with van der Waals surface area (Å²) >= 11 is 0. The van der Waals surface area contributed by atoms with Crippen LogP contribution in [0.25, 0.3) is 0 Å². The molecule has 210 valence electrons. The second-order valence-electron chi connectivity index (χ2n) is 9.77. The van der Waals surface area contributed by atoms with Crippen LogP contribution < -0.4 is 15.4 Å². The standard InChI is InChI=1S/C25H33F3N4O5S/c1-5-7-8-9-19-21(29-20(33)13-38(4,35)36)22-23(34)30-24(3,14-32(22)31-19)18-11-10-17(12-16(18)6-2)37-15-25(26,27)28/h10-12H,5-9,13-15H2,1-4H3,(H,29,33)(H,30,34)/t24-/m1/s1. The fourth-order valence-corrected chi connectivity index (χ4v) is 5.12. The van der Waals surface area contributed by atoms with Crippen LogP contribution in [0, 0.1) is 0 Å². The Bertz CT molecular complexity index is 1310. The Morgan fingerprint density at radius 2 is 1.97 bits per heavy atom. The van der Waals surface area contributed by atoms with Crippen molar-refractivity contribution in [1.29, 1.82) is 0 Å². The summed E-state index contributed by atoms with van der Waals surface area (Å²) in [7, 11) is -3.59. The minimum Gasteiger partial charge on any atom is -0.484 e. The van der Waals surface area contributed by atoms with E-state index in [4.69, 9.17) is 4.74 Å². The average Bonchev–Trinajstić information content (AvgIpc) is 3.12. The number of fused-ring (bicyclic) bond motifs is 1. The van der Waals surface area contributed by atoms with Gasteiger partial charge in [-0.1, -0.05) is 32.8 Å². The zero-order valence-electron chi connectivity index (χ0n) is 21.9. The Kier molecular flexibility index (Phi) is 8.79. The fourth-order valence-electron chi connectivity index (χ4n) is 4.58. The molecular formula is C25H33F3N4O5S. The van der Waals surface area contributed by atoms with Gasteiger partial charge in [-0.3, -0.25) is 14.3 Å². The predicted octanol–water partition coefficient (Wildman–Crippen LogP) is 3.76. The molecule has 0 saturated carbocycles. The summed E-state index contributed by atoms with van der Waals surface area (Å²) in [5.41, 5.74) is 1.25. The lowest BCUT2D eigenvalue weighted by Crippen LogP contribution is -2.52. The van der Waals surface area contributed by atoms with Crippen molar-refractivity contribution in [2.45, 2.75) is 71.1 Å². The second-order valence-corrected chi connectivity index (χ2v) is 11.9. The number of nitrogens with zero attached hydrogens (tertiary/aromatic N) is 2. The van der Waals surface area contributed by atoms with Crippen LogP contribution in [0.1, 0.15) is 67.3 Å². The second kappa shape index (κ2) is 11.3. The number of benzene rings is 1. The van der Waals surface area contributed by atoms with Gasteiger partial charge in [-0.2, -0.15) is 18.3 Å². The third kappa shape index (κ3) is 7.27. The van der Waals surface area contributed by atoms with E-state index in [0.29, 0.717) is 29.7 Å². The van der Waals surface area contributed by atoms with E-state index >= 15 is 0 Å². The molecule has 2 heterocycles. The molecule has 1 aromatic heterocycles. The Morgan fingerprint density at radius 3 is 2.58 bits per heavy atom. The van der Waals surface area contributed by atoms with Gasteiger partial charge >= 0.3 is 6.18 Å². The van der Waals surface area contributed by atoms with Crippen LogP contribution in [0.2, 0.25) is 0 Å². The summed E-state index contributed by atoms with van der Waals surface area (Å²) in [6.07, 6.45) is 0.0675. The summed E-state index contributed by atoms with van der Waals surface area (Å²) in [4.78, 5) is 25.8. The first-order valence-corrected chi connectivity index (χ1v) is 14.4. The van der Waals surface area contributed by atoms with Gasteiger partial charge in [-0.25, -0.2) is 8.42 Å². The molecule has 1 atom stereocenters. The molecule has 38 heavy (non-hydrogen) atoms. The molecule has 0 aliphatic carbocycles. The van der Waals surface area contributed by atoms with Crippen molar-refractivity contribution >= 4 is 27.3 Å². The van der Waals surface area contributed by atoms with E-state index in [0.717, 1.165) is 25.5 Å². The summed E-state index contributed by atoms with van der Waals surface area (Å²) in [6, 6.07) is 4.60. The average molecular weight is 559 g/mol. The van der Waals surface area contributed by atoms with Crippen molar-refractivity contribution in [3.8, 4) is 5.75 Å². The van der Waals surface area contributed by atoms with E-state index in [1.807, 2.05) is 13.8 Å². The monoisotopic (exact) mass is 558 g/mol. The molecule has 13 heteroatoms. The third-order valence-corrected chi connectivity index (χ3v) is 7.01. The molecule has 0 saturated heterocycles. The lowest BCUT2D eigenvalue weighted by molar-refractivity contribution is -0.153. The molecule has 2 amide bonds. The quantitative estimate of drug-likeness (QED) is 0.406. The van der Waals surface area contributed by atoms with Gasteiger partial charge in [-0.05, 0) is 49.4 Å². The van der Waals surface area contributed by atoms with Crippen molar-refractivity contribution in [3.63, 3.8) is 0 Å². The first-order chi connectivity index (χ1) is 17.7. The maximum absolute atomic E-state index is 13.4. The van der Waals surface area contributed by atoms with Crippen LogP contribution in [0.5, 0.6) is 5.75 Å². The molecule has 9 nitrogen and oxygen atoms in total. The third-order valence-electron chi connectivity index (χ3n) is 6.22. The lowest BCUT2D eigenvalue weighted by atomic mass is 9.85. The van der Waals surface area contributed by atoms with Crippen LogP contribution in [-0.4, -0.2) is 54.8 Å². The van der Waals surface area contributed by atoms with Crippen LogP contribution in [0.4, 0.5) is 18.9 Å². The van der Waals surface area contributed by atoms with E-state index in [1.54, 1.807) is 13.0 Å². The normalized spacial score (nSPS) is 17.6. The van der Waals surface area contributed by atoms with Gasteiger partial charge in [0.15, 0.2) is 16.4 Å². The molecule has 2 N–H and O–H groups in total. The van der Waals surface area contributed by atoms with Crippen LogP contribution in [-0.2, 0) is 39.6 Å². The van der Waals surface area contributed by atoms with Crippen molar-refractivity contribution < 1.29 is 35.9 Å². The SMILES string of the molecule is CCCCCc1nn2c(c1NC(=O)CS(C)(=O)=O)C(=O)N[C@@](C)(c1ccc(OCC(F)(F)F)cc1CC)C2. The molecule has 1 aliphatic rings. The van der Waals surface area contributed by atoms with Gasteiger partial charge in [0.25, 0.3) is 5.91 Å². The Balaban J connectivity index is 1.97. The maximum atomic E-state index is 13.4. The number of amides is 2. The number of alkyl halides is 3. The van der Waals surface area contributed by atoms with Crippen LogP contribution in [0.3, 0.4) is 0 Å². The molecule has 1 aromatic carbocycles. The fraction of sp³-hybridized carbons (Fsp3) is 0.560. The number of halogens is 3. The lowest BCUT2D eigenvalue weighted by Gasteiger charge is -2.37. The highest BCUT2D eigenvalue weighted by Crippen LogP contribution is 2.35. The Morgan fingerprint density at radius 1 is 1.26 bits per heavy atom. The number of unbranched alkanes of at least 4 members (excludes halogenated alkanes) is 2. The number of hydrogen-bond donors (Lipinski definition) is 2. The predicted molar refractivity (Wildman–Crippen MR) is 136 cm³/mol. The molecule has 3 rings (SSSR count). The van der Waals surface area contributed by atoms with Gasteiger partial charge in [0, 0.05) is 6.26 Å². The summed E-state index contributed by atoms with van der Waals surface area (Å²) < 4.78 is 67.4. The van der Waals surface area contributed by atoms with E-state index in [1.165, 1.54) is 16.8 Å². The van der Waals surface area contributed by atoms with E-state index < -0.39 is 45.7 Å². The Hall–Kier alpha value is -3.09. The topological polar surface area (TPSA) is 119 Å². The molecule has 1 aliphatic heterocycles. The van der Waals surface area contributed by atoms with Gasteiger partial charge in [0.05, 0.1) is 23.5 Å². The number of sulfone groups is 1.